The highest BCUT2D eigenvalue weighted by atomic mass is 19.2. The van der Waals surface area contributed by atoms with E-state index in [2.05, 4.69) is 0 Å². The van der Waals surface area contributed by atoms with Gasteiger partial charge in [-0.2, -0.15) is 0 Å². The van der Waals surface area contributed by atoms with Crippen LogP contribution in [-0.2, 0) is 6.42 Å². The number of benzene rings is 2. The van der Waals surface area contributed by atoms with Crippen LogP contribution in [0.4, 0.5) is 22.0 Å². The zero-order valence-corrected chi connectivity index (χ0v) is 10.6. The molecule has 0 fully saturated rings. The molecule has 2 aromatic carbocycles. The van der Waals surface area contributed by atoms with Crippen molar-refractivity contribution in [2.75, 3.05) is 0 Å². The first kappa shape index (κ1) is 14.5. The molecule has 0 saturated carbocycles. The van der Waals surface area contributed by atoms with Gasteiger partial charge in [0.15, 0.2) is 29.1 Å². The first-order valence-corrected chi connectivity index (χ1v) is 6.07. The lowest BCUT2D eigenvalue weighted by molar-refractivity contribution is 0.447. The van der Waals surface area contributed by atoms with Crippen LogP contribution in [0.5, 0.6) is 0 Å². The molecule has 2 aromatic rings. The molecule has 0 radical (unpaired) electrons. The van der Waals surface area contributed by atoms with Crippen LogP contribution >= 0.6 is 0 Å². The fourth-order valence-electron chi connectivity index (χ4n) is 1.99. The Bertz CT molecular complexity index is 626. The Morgan fingerprint density at radius 3 is 1.95 bits per heavy atom. The summed E-state index contributed by atoms with van der Waals surface area (Å²) >= 11 is 0. The molecule has 0 N–H and O–H groups in total. The topological polar surface area (TPSA) is 0 Å². The molecular formula is C15H11F5. The molecule has 0 bridgehead atoms. The summed E-state index contributed by atoms with van der Waals surface area (Å²) in [5.41, 5.74) is -0.363. The van der Waals surface area contributed by atoms with Crippen LogP contribution in [0.25, 0.3) is 11.1 Å². The number of rotatable bonds is 3. The van der Waals surface area contributed by atoms with E-state index in [9.17, 15) is 22.0 Å². The van der Waals surface area contributed by atoms with E-state index in [1.807, 2.05) is 6.92 Å². The van der Waals surface area contributed by atoms with E-state index in [1.165, 1.54) is 12.1 Å². The van der Waals surface area contributed by atoms with Crippen LogP contribution in [-0.4, -0.2) is 0 Å². The maximum atomic E-state index is 13.9. The van der Waals surface area contributed by atoms with E-state index in [1.54, 1.807) is 0 Å². The Morgan fingerprint density at radius 2 is 1.40 bits per heavy atom. The highest BCUT2D eigenvalue weighted by molar-refractivity contribution is 5.65. The van der Waals surface area contributed by atoms with Gasteiger partial charge in [-0.3, -0.25) is 0 Å². The van der Waals surface area contributed by atoms with Gasteiger partial charge in [-0.05, 0) is 29.7 Å². The van der Waals surface area contributed by atoms with Crippen LogP contribution in [0.3, 0.4) is 0 Å². The number of halogens is 5. The maximum absolute atomic E-state index is 13.9. The molecule has 0 spiro atoms. The molecule has 0 aromatic heterocycles. The molecule has 0 nitrogen and oxygen atoms in total. The summed E-state index contributed by atoms with van der Waals surface area (Å²) in [6.07, 6.45) is 0.991. The number of hydrogen-bond donors (Lipinski definition) is 0. The fourth-order valence-corrected chi connectivity index (χ4v) is 1.99. The third-order valence-corrected chi connectivity index (χ3v) is 2.98. The van der Waals surface area contributed by atoms with Crippen molar-refractivity contribution in [1.29, 1.82) is 0 Å². The smallest absolute Gasteiger partial charge is 0.194 e. The maximum Gasteiger partial charge on any atom is 0.194 e. The van der Waals surface area contributed by atoms with Crippen molar-refractivity contribution in [2.24, 2.45) is 0 Å². The van der Waals surface area contributed by atoms with E-state index in [0.717, 1.165) is 0 Å². The molecule has 20 heavy (non-hydrogen) atoms. The Morgan fingerprint density at radius 1 is 0.800 bits per heavy atom. The van der Waals surface area contributed by atoms with Crippen molar-refractivity contribution < 1.29 is 22.0 Å². The van der Waals surface area contributed by atoms with Crippen LogP contribution in [0.2, 0.25) is 0 Å². The summed E-state index contributed by atoms with van der Waals surface area (Å²) < 4.78 is 66.8. The molecule has 0 atom stereocenters. The lowest BCUT2D eigenvalue weighted by atomic mass is 10.0. The van der Waals surface area contributed by atoms with Gasteiger partial charge in [-0.15, -0.1) is 0 Å². The van der Waals surface area contributed by atoms with Crippen molar-refractivity contribution in [3.8, 4) is 11.1 Å². The lowest BCUT2D eigenvalue weighted by Crippen LogP contribution is -1.98. The van der Waals surface area contributed by atoms with Gasteiger partial charge in [-0.1, -0.05) is 25.5 Å². The SMILES string of the molecule is CCCc1ccc(-c2cc(F)c(F)c(F)c2)c(F)c1F. The van der Waals surface area contributed by atoms with Crippen molar-refractivity contribution in [2.45, 2.75) is 19.8 Å². The summed E-state index contributed by atoms with van der Waals surface area (Å²) in [5, 5.41) is 0. The predicted molar refractivity (Wildman–Crippen MR) is 65.7 cm³/mol. The van der Waals surface area contributed by atoms with Crippen LogP contribution in [0, 0.1) is 29.1 Å². The summed E-state index contributed by atoms with van der Waals surface area (Å²) in [4.78, 5) is 0. The van der Waals surface area contributed by atoms with Crippen molar-refractivity contribution in [3.63, 3.8) is 0 Å². The standard InChI is InChI=1S/C15H11F5/c1-2-3-8-4-5-10(14(19)13(8)18)9-6-11(16)15(20)12(17)7-9/h4-7H,2-3H2,1H3. The Kier molecular flexibility index (Phi) is 4.06. The summed E-state index contributed by atoms with van der Waals surface area (Å²) in [6.45, 7) is 1.82. The number of hydrogen-bond acceptors (Lipinski definition) is 0. The van der Waals surface area contributed by atoms with E-state index < -0.39 is 29.1 Å². The normalized spacial score (nSPS) is 10.9. The van der Waals surface area contributed by atoms with Gasteiger partial charge < -0.3 is 0 Å². The van der Waals surface area contributed by atoms with E-state index in [-0.39, 0.29) is 16.7 Å². The van der Waals surface area contributed by atoms with E-state index >= 15 is 0 Å². The second kappa shape index (κ2) is 5.61. The Hall–Kier alpha value is -1.91. The average molecular weight is 286 g/mol. The molecule has 0 amide bonds. The predicted octanol–water partition coefficient (Wildman–Crippen LogP) is 5.00. The van der Waals surface area contributed by atoms with Gasteiger partial charge in [0.25, 0.3) is 0 Å². The monoisotopic (exact) mass is 286 g/mol. The molecule has 0 aliphatic rings. The fraction of sp³-hybridized carbons (Fsp3) is 0.200. The third kappa shape index (κ3) is 2.53. The number of aryl methyl sites for hydroxylation is 1. The van der Waals surface area contributed by atoms with Crippen LogP contribution in [0.15, 0.2) is 24.3 Å². The highest BCUT2D eigenvalue weighted by Crippen LogP contribution is 2.29. The van der Waals surface area contributed by atoms with Gasteiger partial charge in [0.2, 0.25) is 0 Å². The van der Waals surface area contributed by atoms with E-state index in [0.29, 0.717) is 25.0 Å². The minimum absolute atomic E-state index is 0.191. The average Bonchev–Trinajstić information content (AvgIpc) is 2.41. The summed E-state index contributed by atoms with van der Waals surface area (Å²) in [5.74, 6) is -6.78. The lowest BCUT2D eigenvalue weighted by Gasteiger charge is -2.09. The summed E-state index contributed by atoms with van der Waals surface area (Å²) in [7, 11) is 0. The molecule has 0 aliphatic heterocycles. The molecule has 2 rings (SSSR count). The van der Waals surface area contributed by atoms with Gasteiger partial charge in [0, 0.05) is 5.56 Å². The summed E-state index contributed by atoms with van der Waals surface area (Å²) in [6, 6.07) is 3.86. The van der Waals surface area contributed by atoms with Crippen LogP contribution < -0.4 is 0 Å². The van der Waals surface area contributed by atoms with Crippen LogP contribution in [0.1, 0.15) is 18.9 Å². The minimum atomic E-state index is -1.64. The van der Waals surface area contributed by atoms with Crippen molar-refractivity contribution in [1.82, 2.24) is 0 Å². The van der Waals surface area contributed by atoms with Gasteiger partial charge in [0.1, 0.15) is 0 Å². The quantitative estimate of drug-likeness (QED) is 0.550. The molecule has 0 heterocycles. The van der Waals surface area contributed by atoms with Gasteiger partial charge in [-0.25, -0.2) is 22.0 Å². The molecule has 106 valence electrons. The zero-order chi connectivity index (χ0) is 14.9. The first-order valence-electron chi connectivity index (χ1n) is 6.07. The zero-order valence-electron chi connectivity index (χ0n) is 10.6. The minimum Gasteiger partial charge on any atom is -0.204 e. The molecule has 0 saturated heterocycles. The Labute approximate surface area is 112 Å². The van der Waals surface area contributed by atoms with Gasteiger partial charge >= 0.3 is 0 Å². The first-order chi connectivity index (χ1) is 9.45. The Balaban J connectivity index is 2.56. The molecule has 5 heteroatoms. The molecular weight excluding hydrogens is 275 g/mol. The van der Waals surface area contributed by atoms with Crippen molar-refractivity contribution >= 4 is 0 Å². The molecule has 0 unspecified atom stereocenters. The van der Waals surface area contributed by atoms with Crippen molar-refractivity contribution in [3.05, 3.63) is 58.9 Å². The highest BCUT2D eigenvalue weighted by Gasteiger charge is 2.17. The van der Waals surface area contributed by atoms with E-state index in [4.69, 9.17) is 0 Å². The molecule has 0 aliphatic carbocycles. The second-order valence-corrected chi connectivity index (χ2v) is 4.40. The largest absolute Gasteiger partial charge is 0.204 e. The second-order valence-electron chi connectivity index (χ2n) is 4.40. The third-order valence-electron chi connectivity index (χ3n) is 2.98. The van der Waals surface area contributed by atoms with Gasteiger partial charge in [0.05, 0.1) is 0 Å².